The molecule has 3 heterocycles. The van der Waals surface area contributed by atoms with Crippen molar-refractivity contribution in [3.63, 3.8) is 0 Å². The van der Waals surface area contributed by atoms with Crippen molar-refractivity contribution >= 4 is 38.1 Å². The minimum Gasteiger partial charge on any atom is -0.354 e. The molecule has 0 saturated carbocycles. The van der Waals surface area contributed by atoms with Crippen molar-refractivity contribution < 1.29 is 8.42 Å². The topological polar surface area (TPSA) is 53.5 Å². The standard InChI is InChI=1S/C19H21N3O2S2/c1-14-5-3-6-16-15(2)13-17(20-19(14)16)21-8-10-22(11-9-21)26(23,24)18-7-4-12-25-18/h3-7,12-13H,8-11H2,1-2H3. The monoisotopic (exact) mass is 387 g/mol. The number of anilines is 1. The number of aromatic nitrogens is 1. The molecular weight excluding hydrogens is 366 g/mol. The van der Waals surface area contributed by atoms with E-state index in [4.69, 9.17) is 4.98 Å². The number of thiophene rings is 1. The summed E-state index contributed by atoms with van der Waals surface area (Å²) in [5.74, 6) is 0.928. The number of benzene rings is 1. The average molecular weight is 388 g/mol. The van der Waals surface area contributed by atoms with Gasteiger partial charge in [-0.05, 0) is 42.5 Å². The predicted octanol–water partition coefficient (Wildman–Crippen LogP) is 3.42. The summed E-state index contributed by atoms with van der Waals surface area (Å²) in [7, 11) is -3.37. The lowest BCUT2D eigenvalue weighted by Crippen LogP contribution is -2.48. The Morgan fingerprint density at radius 2 is 1.77 bits per heavy atom. The van der Waals surface area contributed by atoms with E-state index in [9.17, 15) is 8.42 Å². The number of sulfonamides is 1. The first-order valence-electron chi connectivity index (χ1n) is 8.62. The smallest absolute Gasteiger partial charge is 0.252 e. The molecule has 3 aromatic rings. The van der Waals surface area contributed by atoms with Crippen molar-refractivity contribution in [3.05, 3.63) is 52.9 Å². The molecule has 1 fully saturated rings. The van der Waals surface area contributed by atoms with Crippen LogP contribution in [0.4, 0.5) is 5.82 Å². The third-order valence-electron chi connectivity index (χ3n) is 4.89. The van der Waals surface area contributed by atoms with Crippen molar-refractivity contribution in [1.82, 2.24) is 9.29 Å². The maximum atomic E-state index is 12.7. The van der Waals surface area contributed by atoms with E-state index in [-0.39, 0.29) is 0 Å². The second-order valence-electron chi connectivity index (χ2n) is 6.59. The zero-order valence-corrected chi connectivity index (χ0v) is 16.5. The molecule has 7 heteroatoms. The number of aryl methyl sites for hydroxylation is 2. The highest BCUT2D eigenvalue weighted by Gasteiger charge is 2.29. The van der Waals surface area contributed by atoms with Crippen LogP contribution in [0, 0.1) is 13.8 Å². The summed E-state index contributed by atoms with van der Waals surface area (Å²) in [6, 6.07) is 11.8. The van der Waals surface area contributed by atoms with Crippen molar-refractivity contribution in [2.75, 3.05) is 31.1 Å². The van der Waals surface area contributed by atoms with Crippen LogP contribution in [0.25, 0.3) is 10.9 Å². The second-order valence-corrected chi connectivity index (χ2v) is 9.70. The van der Waals surface area contributed by atoms with Gasteiger partial charge in [0.1, 0.15) is 10.0 Å². The van der Waals surface area contributed by atoms with Crippen molar-refractivity contribution in [1.29, 1.82) is 0 Å². The molecule has 4 rings (SSSR count). The van der Waals surface area contributed by atoms with E-state index in [0.717, 1.165) is 16.9 Å². The van der Waals surface area contributed by atoms with Crippen LogP contribution in [0.2, 0.25) is 0 Å². The maximum absolute atomic E-state index is 12.7. The summed E-state index contributed by atoms with van der Waals surface area (Å²) in [6.07, 6.45) is 0. The Morgan fingerprint density at radius 1 is 1.00 bits per heavy atom. The van der Waals surface area contributed by atoms with Gasteiger partial charge in [-0.25, -0.2) is 13.4 Å². The maximum Gasteiger partial charge on any atom is 0.252 e. The molecule has 0 N–H and O–H groups in total. The first-order chi connectivity index (χ1) is 12.5. The van der Waals surface area contributed by atoms with E-state index in [2.05, 4.69) is 43.0 Å². The Hall–Kier alpha value is -1.96. The van der Waals surface area contributed by atoms with Crippen LogP contribution in [-0.2, 0) is 10.0 Å². The fraction of sp³-hybridized carbons (Fsp3) is 0.316. The molecule has 1 aromatic carbocycles. The summed E-state index contributed by atoms with van der Waals surface area (Å²) in [4.78, 5) is 7.04. The highest BCUT2D eigenvalue weighted by Crippen LogP contribution is 2.27. The first kappa shape index (κ1) is 17.5. The molecule has 5 nitrogen and oxygen atoms in total. The molecular formula is C19H21N3O2S2. The molecule has 0 radical (unpaired) electrons. The molecule has 1 aliphatic heterocycles. The summed E-state index contributed by atoms with van der Waals surface area (Å²) in [5, 5.41) is 2.97. The lowest BCUT2D eigenvalue weighted by molar-refractivity contribution is 0.385. The summed E-state index contributed by atoms with van der Waals surface area (Å²) in [6.45, 7) is 6.43. The number of para-hydroxylation sites is 1. The highest BCUT2D eigenvalue weighted by atomic mass is 32.2. The zero-order chi connectivity index (χ0) is 18.3. The van der Waals surface area contributed by atoms with Gasteiger partial charge in [0.15, 0.2) is 0 Å². The Kier molecular flexibility index (Phi) is 4.46. The van der Waals surface area contributed by atoms with Crippen LogP contribution >= 0.6 is 11.3 Å². The van der Waals surface area contributed by atoms with Gasteiger partial charge in [-0.3, -0.25) is 0 Å². The van der Waals surface area contributed by atoms with E-state index < -0.39 is 10.0 Å². The summed E-state index contributed by atoms with van der Waals surface area (Å²) < 4.78 is 27.3. The van der Waals surface area contributed by atoms with E-state index in [1.807, 2.05) is 0 Å². The fourth-order valence-electron chi connectivity index (χ4n) is 3.40. The van der Waals surface area contributed by atoms with E-state index in [1.165, 1.54) is 22.3 Å². The fourth-order valence-corrected chi connectivity index (χ4v) is 5.97. The molecule has 0 aliphatic carbocycles. The van der Waals surface area contributed by atoms with Crippen LogP contribution in [-0.4, -0.2) is 43.9 Å². The van der Waals surface area contributed by atoms with Crippen LogP contribution in [0.1, 0.15) is 11.1 Å². The molecule has 0 unspecified atom stereocenters. The van der Waals surface area contributed by atoms with Gasteiger partial charge in [0, 0.05) is 31.6 Å². The molecule has 26 heavy (non-hydrogen) atoms. The number of fused-ring (bicyclic) bond motifs is 1. The summed E-state index contributed by atoms with van der Waals surface area (Å²) >= 11 is 1.27. The van der Waals surface area contributed by atoms with E-state index in [0.29, 0.717) is 30.4 Å². The normalized spacial score (nSPS) is 16.3. The van der Waals surface area contributed by atoms with Gasteiger partial charge in [-0.2, -0.15) is 4.31 Å². The van der Waals surface area contributed by atoms with Crippen LogP contribution in [0.5, 0.6) is 0 Å². The number of hydrogen-bond donors (Lipinski definition) is 0. The minimum absolute atomic E-state index is 0.418. The van der Waals surface area contributed by atoms with Gasteiger partial charge in [0.2, 0.25) is 0 Å². The molecule has 0 amide bonds. The third kappa shape index (κ3) is 3.00. The molecule has 0 spiro atoms. The average Bonchev–Trinajstić information content (AvgIpc) is 3.18. The number of pyridine rings is 1. The van der Waals surface area contributed by atoms with E-state index in [1.54, 1.807) is 21.8 Å². The molecule has 0 atom stereocenters. The largest absolute Gasteiger partial charge is 0.354 e. The van der Waals surface area contributed by atoms with Gasteiger partial charge in [-0.15, -0.1) is 11.3 Å². The Labute approximate surface area is 157 Å². The molecule has 2 aromatic heterocycles. The Morgan fingerprint density at radius 3 is 2.46 bits per heavy atom. The molecule has 136 valence electrons. The Bertz CT molecular complexity index is 1040. The quantitative estimate of drug-likeness (QED) is 0.691. The Balaban J connectivity index is 1.57. The zero-order valence-electron chi connectivity index (χ0n) is 14.8. The number of hydrogen-bond acceptors (Lipinski definition) is 5. The lowest BCUT2D eigenvalue weighted by atomic mass is 10.1. The van der Waals surface area contributed by atoms with Crippen molar-refractivity contribution in [3.8, 4) is 0 Å². The summed E-state index contributed by atoms with van der Waals surface area (Å²) in [5.41, 5.74) is 3.38. The second kappa shape index (κ2) is 6.64. The van der Waals surface area contributed by atoms with Crippen molar-refractivity contribution in [2.45, 2.75) is 18.1 Å². The van der Waals surface area contributed by atoms with E-state index >= 15 is 0 Å². The van der Waals surface area contributed by atoms with Gasteiger partial charge < -0.3 is 4.90 Å². The van der Waals surface area contributed by atoms with Crippen molar-refractivity contribution in [2.24, 2.45) is 0 Å². The molecule has 1 saturated heterocycles. The van der Waals surface area contributed by atoms with Gasteiger partial charge >= 0.3 is 0 Å². The molecule has 0 bridgehead atoms. The minimum atomic E-state index is -3.37. The first-order valence-corrected chi connectivity index (χ1v) is 10.9. The number of nitrogens with zero attached hydrogens (tertiary/aromatic N) is 3. The predicted molar refractivity (Wildman–Crippen MR) is 107 cm³/mol. The van der Waals surface area contributed by atoms with Crippen LogP contribution in [0.15, 0.2) is 46.0 Å². The van der Waals surface area contributed by atoms with Gasteiger partial charge in [0.05, 0.1) is 5.52 Å². The molecule has 1 aliphatic rings. The lowest BCUT2D eigenvalue weighted by Gasteiger charge is -2.34. The van der Waals surface area contributed by atoms with Gasteiger partial charge in [0.25, 0.3) is 10.0 Å². The number of piperazine rings is 1. The third-order valence-corrected chi connectivity index (χ3v) is 8.16. The highest BCUT2D eigenvalue weighted by molar-refractivity contribution is 7.91. The number of rotatable bonds is 3. The SMILES string of the molecule is Cc1cc(N2CCN(S(=O)(=O)c3cccs3)CC2)nc2c(C)cccc12. The van der Waals surface area contributed by atoms with Crippen LogP contribution in [0.3, 0.4) is 0 Å². The van der Waals surface area contributed by atoms with Gasteiger partial charge in [-0.1, -0.05) is 24.3 Å². The van der Waals surface area contributed by atoms with Crippen LogP contribution < -0.4 is 4.90 Å².